The number of allylic oxidation sites excluding steroid dienone is 3. The van der Waals surface area contributed by atoms with E-state index in [0.29, 0.717) is 0 Å². The first-order valence-electron chi connectivity index (χ1n) is 9.69. The summed E-state index contributed by atoms with van der Waals surface area (Å²) >= 11 is 0. The topological polar surface area (TPSA) is 37.3 Å². The fourth-order valence-corrected chi connectivity index (χ4v) is 2.72. The number of carbonyl (C=O) groups is 1. The molecule has 0 amide bonds. The van der Waals surface area contributed by atoms with Gasteiger partial charge >= 0.3 is 5.97 Å². The summed E-state index contributed by atoms with van der Waals surface area (Å²) in [4.78, 5) is 10.3. The second-order valence-electron chi connectivity index (χ2n) is 6.99. The molecule has 0 aliphatic carbocycles. The van der Waals surface area contributed by atoms with Crippen molar-refractivity contribution in [2.24, 2.45) is 5.92 Å². The molecule has 0 radical (unpaired) electrons. The molecule has 0 aromatic heterocycles. The van der Waals surface area contributed by atoms with Gasteiger partial charge in [0, 0.05) is 6.08 Å². The van der Waals surface area contributed by atoms with Gasteiger partial charge in [-0.2, -0.15) is 0 Å². The van der Waals surface area contributed by atoms with Gasteiger partial charge in [-0.05, 0) is 18.8 Å². The van der Waals surface area contributed by atoms with Gasteiger partial charge in [0.05, 0.1) is 0 Å². The van der Waals surface area contributed by atoms with E-state index in [4.69, 9.17) is 5.11 Å². The van der Waals surface area contributed by atoms with Crippen molar-refractivity contribution in [3.8, 4) is 0 Å². The van der Waals surface area contributed by atoms with E-state index in [0.717, 1.165) is 12.3 Å². The lowest BCUT2D eigenvalue weighted by molar-refractivity contribution is -0.131. The minimum absolute atomic E-state index is 0.867. The van der Waals surface area contributed by atoms with Crippen molar-refractivity contribution in [2.75, 3.05) is 0 Å². The third kappa shape index (κ3) is 21.0. The Kier molecular flexibility index (Phi) is 16.5. The van der Waals surface area contributed by atoms with Crippen molar-refractivity contribution in [2.45, 2.75) is 97.3 Å². The lowest BCUT2D eigenvalue weighted by Gasteiger charge is -2.04. The quantitative estimate of drug-likeness (QED) is 0.190. The van der Waals surface area contributed by atoms with Crippen LogP contribution in [0.4, 0.5) is 0 Å². The smallest absolute Gasteiger partial charge is 0.328 e. The molecule has 1 N–H and O–H groups in total. The fraction of sp³-hybridized carbons (Fsp3) is 0.762. The molecule has 0 spiro atoms. The summed E-state index contributed by atoms with van der Waals surface area (Å²) < 4.78 is 0. The first-order chi connectivity index (χ1) is 11.1. The highest BCUT2D eigenvalue weighted by atomic mass is 16.4. The normalized spacial score (nSPS) is 12.0. The highest BCUT2D eigenvalue weighted by Crippen LogP contribution is 2.14. The van der Waals surface area contributed by atoms with Gasteiger partial charge in [-0.1, -0.05) is 103 Å². The van der Waals surface area contributed by atoms with Gasteiger partial charge in [0.25, 0.3) is 0 Å². The Bertz CT molecular complexity index is 316. The van der Waals surface area contributed by atoms with Gasteiger partial charge < -0.3 is 5.11 Å². The van der Waals surface area contributed by atoms with Crippen LogP contribution in [0.2, 0.25) is 0 Å². The molecule has 23 heavy (non-hydrogen) atoms. The van der Waals surface area contributed by atoms with Gasteiger partial charge in [-0.15, -0.1) is 0 Å². The molecule has 0 bridgehead atoms. The molecule has 0 aliphatic rings. The van der Waals surface area contributed by atoms with Crippen LogP contribution in [0, 0.1) is 5.92 Å². The average molecular weight is 323 g/mol. The van der Waals surface area contributed by atoms with E-state index in [1.54, 1.807) is 6.08 Å². The molecule has 0 rings (SSSR count). The van der Waals surface area contributed by atoms with Crippen LogP contribution in [0.25, 0.3) is 0 Å². The number of aliphatic carboxylic acids is 1. The maximum atomic E-state index is 10.3. The minimum Gasteiger partial charge on any atom is -0.478 e. The molecule has 2 nitrogen and oxygen atoms in total. The minimum atomic E-state index is -0.884. The molecular formula is C21H38O2. The summed E-state index contributed by atoms with van der Waals surface area (Å²) in [5, 5.41) is 8.43. The molecule has 0 unspecified atom stereocenters. The van der Waals surface area contributed by atoms with E-state index in [1.165, 1.54) is 83.1 Å². The summed E-state index contributed by atoms with van der Waals surface area (Å²) in [6.07, 6.45) is 24.2. The van der Waals surface area contributed by atoms with Gasteiger partial charge in [-0.3, -0.25) is 0 Å². The molecular weight excluding hydrogens is 284 g/mol. The highest BCUT2D eigenvalue weighted by molar-refractivity contribution is 5.80. The Labute approximate surface area is 144 Å². The van der Waals surface area contributed by atoms with E-state index >= 15 is 0 Å². The molecule has 134 valence electrons. The number of hydrogen-bond acceptors (Lipinski definition) is 1. The Hall–Kier alpha value is -1.05. The van der Waals surface area contributed by atoms with Crippen molar-refractivity contribution in [1.29, 1.82) is 0 Å². The second-order valence-corrected chi connectivity index (χ2v) is 6.99. The molecule has 2 heteroatoms. The molecule has 0 aromatic carbocycles. The number of unbranched alkanes of at least 4 members (excludes halogenated alkanes) is 11. The Balaban J connectivity index is 3.12. The monoisotopic (exact) mass is 322 g/mol. The summed E-state index contributed by atoms with van der Waals surface area (Å²) in [5.74, 6) is -0.0168. The van der Waals surface area contributed by atoms with Gasteiger partial charge in [0.1, 0.15) is 0 Å². The number of carboxylic acids is 1. The van der Waals surface area contributed by atoms with E-state index in [2.05, 4.69) is 19.9 Å². The standard InChI is InChI=1S/C21H38O2/c1-20(2)18-16-14-12-10-8-6-4-3-5-7-9-11-13-15-17-19-21(22)23/h13,15,17,19-20H,3-12,14,16,18H2,1-2H3,(H,22,23). The van der Waals surface area contributed by atoms with Crippen molar-refractivity contribution in [3.63, 3.8) is 0 Å². The maximum absolute atomic E-state index is 10.3. The number of hydrogen-bond donors (Lipinski definition) is 1. The van der Waals surface area contributed by atoms with Crippen LogP contribution in [0.3, 0.4) is 0 Å². The van der Waals surface area contributed by atoms with Crippen molar-refractivity contribution in [3.05, 3.63) is 24.3 Å². The first-order valence-corrected chi connectivity index (χ1v) is 9.69. The predicted octanol–water partition coefficient (Wildman–Crippen LogP) is 6.91. The highest BCUT2D eigenvalue weighted by Gasteiger charge is 1.95. The Morgan fingerprint density at radius 2 is 1.26 bits per heavy atom. The zero-order chi connectivity index (χ0) is 17.2. The molecule has 0 aromatic rings. The zero-order valence-electron chi connectivity index (χ0n) is 15.4. The predicted molar refractivity (Wildman–Crippen MR) is 101 cm³/mol. The molecule has 0 atom stereocenters. The lowest BCUT2D eigenvalue weighted by atomic mass is 10.0. The summed E-state index contributed by atoms with van der Waals surface area (Å²) in [6.45, 7) is 4.62. The molecule has 0 fully saturated rings. The van der Waals surface area contributed by atoms with Crippen molar-refractivity contribution in [1.82, 2.24) is 0 Å². The molecule has 0 heterocycles. The largest absolute Gasteiger partial charge is 0.478 e. The van der Waals surface area contributed by atoms with Crippen molar-refractivity contribution < 1.29 is 9.90 Å². The zero-order valence-corrected chi connectivity index (χ0v) is 15.4. The molecule has 0 saturated carbocycles. The van der Waals surface area contributed by atoms with E-state index < -0.39 is 5.97 Å². The lowest BCUT2D eigenvalue weighted by Crippen LogP contribution is -1.87. The van der Waals surface area contributed by atoms with Crippen LogP contribution in [0.5, 0.6) is 0 Å². The van der Waals surface area contributed by atoms with E-state index in [-0.39, 0.29) is 0 Å². The Morgan fingerprint density at radius 1 is 0.783 bits per heavy atom. The van der Waals surface area contributed by atoms with Gasteiger partial charge in [0.15, 0.2) is 0 Å². The van der Waals surface area contributed by atoms with E-state index in [1.807, 2.05) is 6.08 Å². The van der Waals surface area contributed by atoms with Crippen LogP contribution in [-0.4, -0.2) is 11.1 Å². The molecule has 0 saturated heterocycles. The molecule has 0 aliphatic heterocycles. The summed E-state index contributed by atoms with van der Waals surface area (Å²) in [7, 11) is 0. The third-order valence-corrected chi connectivity index (χ3v) is 4.14. The SMILES string of the molecule is CC(C)CCCCCCCCCCCCCC=CC=CC(=O)O. The maximum Gasteiger partial charge on any atom is 0.328 e. The van der Waals surface area contributed by atoms with Crippen LogP contribution < -0.4 is 0 Å². The first kappa shape index (κ1) is 21.9. The van der Waals surface area contributed by atoms with Gasteiger partial charge in [0.2, 0.25) is 0 Å². The van der Waals surface area contributed by atoms with Crippen LogP contribution >= 0.6 is 0 Å². The summed E-state index contributed by atoms with van der Waals surface area (Å²) in [5.41, 5.74) is 0. The number of carboxylic acid groups (broad SMARTS) is 1. The number of rotatable bonds is 16. The third-order valence-electron chi connectivity index (χ3n) is 4.14. The average Bonchev–Trinajstić information content (AvgIpc) is 2.49. The van der Waals surface area contributed by atoms with Crippen molar-refractivity contribution >= 4 is 5.97 Å². The van der Waals surface area contributed by atoms with E-state index in [9.17, 15) is 4.79 Å². The summed E-state index contributed by atoms with van der Waals surface area (Å²) in [6, 6.07) is 0. The van der Waals surface area contributed by atoms with Crippen LogP contribution in [-0.2, 0) is 4.79 Å². The van der Waals surface area contributed by atoms with Crippen LogP contribution in [0.15, 0.2) is 24.3 Å². The Morgan fingerprint density at radius 3 is 1.74 bits per heavy atom. The van der Waals surface area contributed by atoms with Crippen LogP contribution in [0.1, 0.15) is 97.3 Å². The fourth-order valence-electron chi connectivity index (χ4n) is 2.72. The second kappa shape index (κ2) is 17.3. The van der Waals surface area contributed by atoms with Gasteiger partial charge in [-0.25, -0.2) is 4.79 Å².